The highest BCUT2D eigenvalue weighted by molar-refractivity contribution is 5.89. The van der Waals surface area contributed by atoms with Crippen LogP contribution < -0.4 is 4.74 Å². The molecule has 3 aromatic carbocycles. The summed E-state index contributed by atoms with van der Waals surface area (Å²) in [5.41, 5.74) is 2.36. The average Bonchev–Trinajstić information content (AvgIpc) is 2.66. The molecule has 0 saturated heterocycles. The van der Waals surface area contributed by atoms with Crippen molar-refractivity contribution in [3.8, 4) is 5.75 Å². The first-order valence-electron chi connectivity index (χ1n) is 7.71. The maximum absolute atomic E-state index is 12.1. The molecule has 3 aromatic rings. The average molecular weight is 317 g/mol. The zero-order valence-electron chi connectivity index (χ0n) is 13.1. The van der Waals surface area contributed by atoms with Gasteiger partial charge >= 0.3 is 5.97 Å². The minimum atomic E-state index is -0.413. The first-order valence-corrected chi connectivity index (χ1v) is 7.71. The molecule has 0 aliphatic carbocycles. The van der Waals surface area contributed by atoms with Gasteiger partial charge in [-0.1, -0.05) is 66.7 Å². The quantitative estimate of drug-likeness (QED) is 0.631. The third-order valence-electron chi connectivity index (χ3n) is 3.44. The molecular weight excluding hydrogens is 300 g/mol. The molecule has 1 radical (unpaired) electrons. The Morgan fingerprint density at radius 1 is 0.750 bits per heavy atom. The van der Waals surface area contributed by atoms with Crippen LogP contribution in [-0.2, 0) is 18.0 Å². The summed E-state index contributed by atoms with van der Waals surface area (Å²) in [4.78, 5) is 12.1. The number of ether oxygens (including phenoxy) is 2. The molecule has 0 heterocycles. The first kappa shape index (κ1) is 15.8. The van der Waals surface area contributed by atoms with Gasteiger partial charge in [-0.15, -0.1) is 0 Å². The van der Waals surface area contributed by atoms with E-state index in [0.717, 1.165) is 11.1 Å². The highest BCUT2D eigenvalue weighted by atomic mass is 16.5. The van der Waals surface area contributed by atoms with Crippen LogP contribution in [0.4, 0.5) is 0 Å². The van der Waals surface area contributed by atoms with E-state index < -0.39 is 5.97 Å². The number of esters is 1. The second-order valence-electron chi connectivity index (χ2n) is 5.26. The van der Waals surface area contributed by atoms with Crippen LogP contribution in [-0.4, -0.2) is 5.97 Å². The summed E-state index contributed by atoms with van der Waals surface area (Å²) in [6.45, 7) is 0.669. The Morgan fingerprint density at radius 2 is 1.38 bits per heavy atom. The zero-order chi connectivity index (χ0) is 16.6. The lowest BCUT2D eigenvalue weighted by atomic mass is 10.2. The minimum absolute atomic E-state index is 0.239. The third kappa shape index (κ3) is 4.46. The number of benzene rings is 3. The lowest BCUT2D eigenvalue weighted by molar-refractivity contribution is 0.0471. The van der Waals surface area contributed by atoms with Crippen molar-refractivity contribution in [1.29, 1.82) is 0 Å². The number of rotatable bonds is 6. The molecule has 3 rings (SSSR count). The predicted molar refractivity (Wildman–Crippen MR) is 91.6 cm³/mol. The minimum Gasteiger partial charge on any atom is -0.488 e. The second kappa shape index (κ2) is 7.97. The normalized spacial score (nSPS) is 10.2. The van der Waals surface area contributed by atoms with Crippen molar-refractivity contribution in [2.75, 3.05) is 0 Å². The van der Waals surface area contributed by atoms with Crippen LogP contribution in [0.15, 0.2) is 78.9 Å². The van der Waals surface area contributed by atoms with Crippen LogP contribution in [0.2, 0.25) is 0 Å². The van der Waals surface area contributed by atoms with Crippen LogP contribution in [0, 0.1) is 6.07 Å². The van der Waals surface area contributed by atoms with Crippen LogP contribution in [0.5, 0.6) is 5.75 Å². The molecule has 0 aromatic heterocycles. The molecular formula is C21H17O3. The van der Waals surface area contributed by atoms with E-state index in [1.165, 1.54) is 0 Å². The van der Waals surface area contributed by atoms with Crippen LogP contribution in [0.25, 0.3) is 0 Å². The van der Waals surface area contributed by atoms with Gasteiger partial charge in [0.2, 0.25) is 0 Å². The van der Waals surface area contributed by atoms with Gasteiger partial charge in [0.05, 0.1) is 5.56 Å². The first-order chi connectivity index (χ1) is 11.8. The molecule has 0 unspecified atom stereocenters. The number of carbonyl (C=O) groups is 1. The van der Waals surface area contributed by atoms with Crippen LogP contribution in [0.1, 0.15) is 21.5 Å². The van der Waals surface area contributed by atoms with Crippen molar-refractivity contribution in [2.45, 2.75) is 13.2 Å². The van der Waals surface area contributed by atoms with Gasteiger partial charge in [0.15, 0.2) is 0 Å². The summed E-state index contributed by atoms with van der Waals surface area (Å²) in [7, 11) is 0. The fraction of sp³-hybridized carbons (Fsp3) is 0.0952. The van der Waals surface area contributed by atoms with Crippen molar-refractivity contribution in [3.63, 3.8) is 0 Å². The summed E-state index contributed by atoms with van der Waals surface area (Å²) in [6.07, 6.45) is 0. The molecule has 0 aliphatic heterocycles. The van der Waals surface area contributed by atoms with Gasteiger partial charge in [-0.3, -0.25) is 0 Å². The Hall–Kier alpha value is -3.07. The van der Waals surface area contributed by atoms with Gasteiger partial charge in [0.25, 0.3) is 0 Å². The molecule has 0 bridgehead atoms. The van der Waals surface area contributed by atoms with E-state index in [-0.39, 0.29) is 6.61 Å². The Labute approximate surface area is 141 Å². The van der Waals surface area contributed by atoms with Crippen molar-refractivity contribution < 1.29 is 14.3 Å². The van der Waals surface area contributed by atoms with Crippen molar-refractivity contribution in [3.05, 3.63) is 102 Å². The SMILES string of the molecule is O=C(OCc1ccccc1)c1[c]c(OCc2ccccc2)ccc1. The Kier molecular flexibility index (Phi) is 5.25. The van der Waals surface area contributed by atoms with Crippen molar-refractivity contribution >= 4 is 5.97 Å². The maximum atomic E-state index is 12.1. The largest absolute Gasteiger partial charge is 0.488 e. The van der Waals surface area contributed by atoms with Gasteiger partial charge in [-0.2, -0.15) is 0 Å². The van der Waals surface area contributed by atoms with Crippen LogP contribution in [0.3, 0.4) is 0 Å². The Balaban J connectivity index is 1.59. The summed E-state index contributed by atoms with van der Waals surface area (Å²) < 4.78 is 11.0. The molecule has 3 nitrogen and oxygen atoms in total. The smallest absolute Gasteiger partial charge is 0.339 e. The highest BCUT2D eigenvalue weighted by Crippen LogP contribution is 2.15. The number of carbonyl (C=O) groups excluding carboxylic acids is 1. The number of hydrogen-bond acceptors (Lipinski definition) is 3. The monoisotopic (exact) mass is 317 g/mol. The molecule has 0 amide bonds. The Morgan fingerprint density at radius 3 is 2.04 bits per heavy atom. The van der Waals surface area contributed by atoms with Gasteiger partial charge in [-0.05, 0) is 23.3 Å². The lowest BCUT2D eigenvalue weighted by Gasteiger charge is -2.08. The van der Waals surface area contributed by atoms with Gasteiger partial charge in [0.1, 0.15) is 19.0 Å². The van der Waals surface area contributed by atoms with E-state index in [1.54, 1.807) is 18.2 Å². The number of hydrogen-bond donors (Lipinski definition) is 0. The highest BCUT2D eigenvalue weighted by Gasteiger charge is 2.09. The molecule has 24 heavy (non-hydrogen) atoms. The molecule has 0 N–H and O–H groups in total. The standard InChI is InChI=1S/C21H17O3/c22-21(24-16-18-10-5-2-6-11-18)19-12-7-13-20(14-19)23-15-17-8-3-1-4-9-17/h1-13H,15-16H2. The maximum Gasteiger partial charge on any atom is 0.339 e. The second-order valence-corrected chi connectivity index (χ2v) is 5.26. The molecule has 0 saturated carbocycles. The van der Waals surface area contributed by atoms with Gasteiger partial charge in [0, 0.05) is 6.07 Å². The molecule has 0 aliphatic rings. The lowest BCUT2D eigenvalue weighted by Crippen LogP contribution is -2.06. The van der Waals surface area contributed by atoms with Crippen LogP contribution >= 0.6 is 0 Å². The molecule has 0 fully saturated rings. The molecule has 3 heteroatoms. The predicted octanol–water partition coefficient (Wildman–Crippen LogP) is 4.42. The van der Waals surface area contributed by atoms with E-state index >= 15 is 0 Å². The summed E-state index contributed by atoms with van der Waals surface area (Å²) in [6, 6.07) is 27.6. The van der Waals surface area contributed by atoms with E-state index in [4.69, 9.17) is 9.47 Å². The molecule has 119 valence electrons. The van der Waals surface area contributed by atoms with Crippen molar-refractivity contribution in [1.82, 2.24) is 0 Å². The molecule has 0 spiro atoms. The summed E-state index contributed by atoms with van der Waals surface area (Å²) >= 11 is 0. The summed E-state index contributed by atoms with van der Waals surface area (Å²) in [5.74, 6) is 0.108. The van der Waals surface area contributed by atoms with E-state index in [0.29, 0.717) is 17.9 Å². The fourth-order valence-electron chi connectivity index (χ4n) is 2.19. The summed E-state index contributed by atoms with van der Waals surface area (Å²) in [5, 5.41) is 0. The van der Waals surface area contributed by atoms with E-state index in [2.05, 4.69) is 6.07 Å². The topological polar surface area (TPSA) is 35.5 Å². The van der Waals surface area contributed by atoms with E-state index in [9.17, 15) is 4.79 Å². The fourth-order valence-corrected chi connectivity index (χ4v) is 2.19. The zero-order valence-corrected chi connectivity index (χ0v) is 13.1. The third-order valence-corrected chi connectivity index (χ3v) is 3.44. The van der Waals surface area contributed by atoms with Gasteiger partial charge in [-0.25, -0.2) is 4.79 Å². The van der Waals surface area contributed by atoms with Gasteiger partial charge < -0.3 is 9.47 Å². The van der Waals surface area contributed by atoms with Crippen molar-refractivity contribution in [2.24, 2.45) is 0 Å². The molecule has 0 atom stereocenters. The Bertz CT molecular complexity index is 782. The van der Waals surface area contributed by atoms with E-state index in [1.807, 2.05) is 60.7 Å².